The molecule has 5 rings (SSSR count). The lowest BCUT2D eigenvalue weighted by Crippen LogP contribution is -2.51. The third-order valence-corrected chi connectivity index (χ3v) is 7.01. The van der Waals surface area contributed by atoms with Gasteiger partial charge in [-0.1, -0.05) is 36.4 Å². The summed E-state index contributed by atoms with van der Waals surface area (Å²) in [4.78, 5) is 42.4. The Labute approximate surface area is 176 Å². The Bertz CT molecular complexity index is 1170. The first-order valence-corrected chi connectivity index (χ1v) is 10.7. The van der Waals surface area contributed by atoms with Crippen molar-refractivity contribution in [2.75, 3.05) is 5.75 Å². The summed E-state index contributed by atoms with van der Waals surface area (Å²) in [5.41, 5.74) is 3.26. The van der Waals surface area contributed by atoms with E-state index in [1.165, 1.54) is 11.8 Å². The number of aromatic amines is 1. The number of carbonyl (C=O) groups is 3. The van der Waals surface area contributed by atoms with Crippen LogP contribution in [0.4, 0.5) is 0 Å². The second-order valence-corrected chi connectivity index (χ2v) is 8.58. The Balaban J connectivity index is 1.35. The van der Waals surface area contributed by atoms with Crippen LogP contribution < -0.4 is 5.32 Å². The predicted molar refractivity (Wildman–Crippen MR) is 113 cm³/mol. The molecule has 8 heteroatoms. The fourth-order valence-corrected chi connectivity index (χ4v) is 5.70. The maximum atomic E-state index is 13.0. The first kappa shape index (κ1) is 18.7. The van der Waals surface area contributed by atoms with Gasteiger partial charge in [-0.15, -0.1) is 11.8 Å². The molecule has 1 saturated heterocycles. The topological polar surface area (TPSA) is 102 Å². The average Bonchev–Trinajstić information content (AvgIpc) is 3.43. The lowest BCUT2D eigenvalue weighted by Gasteiger charge is -2.24. The Morgan fingerprint density at radius 2 is 1.97 bits per heavy atom. The number of amides is 2. The average molecular weight is 421 g/mol. The maximum Gasteiger partial charge on any atom is 0.326 e. The minimum Gasteiger partial charge on any atom is -0.480 e. The molecule has 1 aromatic heterocycles. The second-order valence-electron chi connectivity index (χ2n) is 7.46. The number of aliphatic carboxylic acids is 1. The molecule has 0 aliphatic carbocycles. The van der Waals surface area contributed by atoms with E-state index in [0.29, 0.717) is 11.3 Å². The van der Waals surface area contributed by atoms with E-state index in [2.05, 4.69) is 10.3 Å². The van der Waals surface area contributed by atoms with Crippen LogP contribution in [0.3, 0.4) is 0 Å². The van der Waals surface area contributed by atoms with Crippen molar-refractivity contribution in [2.45, 2.75) is 23.9 Å². The number of nitrogens with one attached hydrogen (secondary N) is 2. The van der Waals surface area contributed by atoms with Gasteiger partial charge in [-0.05, 0) is 23.3 Å². The van der Waals surface area contributed by atoms with Crippen molar-refractivity contribution in [3.8, 4) is 0 Å². The van der Waals surface area contributed by atoms with Crippen molar-refractivity contribution in [2.24, 2.45) is 0 Å². The van der Waals surface area contributed by atoms with Gasteiger partial charge >= 0.3 is 5.97 Å². The number of carbonyl (C=O) groups excluding carboxylic acids is 2. The van der Waals surface area contributed by atoms with Crippen LogP contribution in [-0.2, 0) is 16.0 Å². The first-order valence-electron chi connectivity index (χ1n) is 9.66. The number of para-hydroxylation sites is 1. The van der Waals surface area contributed by atoms with E-state index in [1.54, 1.807) is 23.2 Å². The Morgan fingerprint density at radius 1 is 1.20 bits per heavy atom. The number of hydrogen-bond donors (Lipinski definition) is 3. The minimum absolute atomic E-state index is 0.155. The monoisotopic (exact) mass is 421 g/mol. The summed E-state index contributed by atoms with van der Waals surface area (Å²) in [5, 5.41) is 13.1. The second kappa shape index (κ2) is 7.21. The third kappa shape index (κ3) is 2.95. The molecule has 7 nitrogen and oxygen atoms in total. The molecule has 0 saturated carbocycles. The largest absolute Gasteiger partial charge is 0.480 e. The minimum atomic E-state index is -1.10. The zero-order valence-electron chi connectivity index (χ0n) is 15.9. The number of carboxylic acid groups (broad SMARTS) is 1. The van der Waals surface area contributed by atoms with Gasteiger partial charge in [0.05, 0.1) is 0 Å². The molecule has 0 radical (unpaired) electrons. The molecule has 1 fully saturated rings. The number of aromatic nitrogens is 1. The highest BCUT2D eigenvalue weighted by Gasteiger charge is 2.48. The summed E-state index contributed by atoms with van der Waals surface area (Å²) in [6.07, 6.45) is 1.93. The fourth-order valence-electron chi connectivity index (χ4n) is 4.23. The van der Waals surface area contributed by atoms with Crippen LogP contribution in [0.5, 0.6) is 0 Å². The molecule has 2 aromatic carbocycles. The highest BCUT2D eigenvalue weighted by molar-refractivity contribution is 7.99. The number of fused-ring (bicyclic) bond motifs is 4. The molecule has 2 aliphatic heterocycles. The van der Waals surface area contributed by atoms with Crippen LogP contribution in [-0.4, -0.2) is 50.6 Å². The molecule has 152 valence electrons. The van der Waals surface area contributed by atoms with Crippen LogP contribution >= 0.6 is 11.8 Å². The molecular weight excluding hydrogens is 402 g/mol. The van der Waals surface area contributed by atoms with Crippen molar-refractivity contribution in [1.29, 1.82) is 0 Å². The van der Waals surface area contributed by atoms with E-state index in [0.717, 1.165) is 22.0 Å². The van der Waals surface area contributed by atoms with Gasteiger partial charge in [-0.2, -0.15) is 0 Å². The van der Waals surface area contributed by atoms with E-state index in [1.807, 2.05) is 36.4 Å². The lowest BCUT2D eigenvalue weighted by molar-refractivity contribution is -0.142. The van der Waals surface area contributed by atoms with E-state index < -0.39 is 24.0 Å². The van der Waals surface area contributed by atoms with Gasteiger partial charge in [-0.3, -0.25) is 9.59 Å². The molecule has 3 N–H and O–H groups in total. The number of rotatable bonds is 5. The van der Waals surface area contributed by atoms with Gasteiger partial charge < -0.3 is 20.3 Å². The molecule has 3 unspecified atom stereocenters. The van der Waals surface area contributed by atoms with E-state index >= 15 is 0 Å². The number of hydrogen-bond acceptors (Lipinski definition) is 4. The van der Waals surface area contributed by atoms with E-state index in [9.17, 15) is 19.5 Å². The van der Waals surface area contributed by atoms with Crippen LogP contribution in [0.15, 0.2) is 54.7 Å². The van der Waals surface area contributed by atoms with Crippen LogP contribution in [0.2, 0.25) is 0 Å². The fraction of sp³-hybridized carbons (Fsp3) is 0.227. The quantitative estimate of drug-likeness (QED) is 0.588. The molecule has 30 heavy (non-hydrogen) atoms. The first-order chi connectivity index (χ1) is 14.5. The molecule has 3 aromatic rings. The van der Waals surface area contributed by atoms with Crippen molar-refractivity contribution in [3.63, 3.8) is 0 Å². The summed E-state index contributed by atoms with van der Waals surface area (Å²) in [5.74, 6) is -1.27. The molecule has 3 heterocycles. The van der Waals surface area contributed by atoms with Crippen molar-refractivity contribution in [3.05, 3.63) is 71.4 Å². The van der Waals surface area contributed by atoms with Crippen molar-refractivity contribution < 1.29 is 19.5 Å². The van der Waals surface area contributed by atoms with Crippen molar-refractivity contribution in [1.82, 2.24) is 15.2 Å². The Kier molecular flexibility index (Phi) is 4.51. The number of thioether (sulfide) groups is 1. The molecule has 0 bridgehead atoms. The number of carboxylic acids is 1. The highest BCUT2D eigenvalue weighted by Crippen LogP contribution is 2.48. The van der Waals surface area contributed by atoms with Crippen LogP contribution in [0, 0.1) is 0 Å². The normalized spacial score (nSPS) is 20.8. The standard InChI is InChI=1S/C22H19N3O4S/c26-19(18-11-30-21-15-7-2-1-6-14(15)20(27)25(18)21)24-17(22(28)29)9-12-10-23-16-8-4-3-5-13(12)16/h1-8,10,17-18,21,23H,9,11H2,(H,24,26)(H,28,29). The molecule has 2 aliphatic rings. The smallest absolute Gasteiger partial charge is 0.326 e. The molecule has 2 amide bonds. The van der Waals surface area contributed by atoms with Gasteiger partial charge in [0, 0.05) is 34.8 Å². The lowest BCUT2D eigenvalue weighted by atomic mass is 10.0. The SMILES string of the molecule is O=C(O)C(Cc1c[nH]c2ccccc12)NC(=O)C1CSC2c3ccccc3C(=O)N12. The third-order valence-electron chi connectivity index (χ3n) is 5.71. The van der Waals surface area contributed by atoms with E-state index in [4.69, 9.17) is 0 Å². The number of nitrogens with zero attached hydrogens (tertiary/aromatic N) is 1. The zero-order valence-corrected chi connectivity index (χ0v) is 16.7. The van der Waals surface area contributed by atoms with Crippen LogP contribution in [0.25, 0.3) is 10.9 Å². The summed E-state index contributed by atoms with van der Waals surface area (Å²) in [7, 11) is 0. The van der Waals surface area contributed by atoms with Gasteiger partial charge in [0.25, 0.3) is 5.91 Å². The summed E-state index contributed by atoms with van der Waals surface area (Å²) in [6, 6.07) is 13.2. The van der Waals surface area contributed by atoms with Gasteiger partial charge in [-0.25, -0.2) is 4.79 Å². The molecule has 3 atom stereocenters. The van der Waals surface area contributed by atoms with Crippen molar-refractivity contribution >= 4 is 40.4 Å². The predicted octanol–water partition coefficient (Wildman–Crippen LogP) is 2.55. The van der Waals surface area contributed by atoms with Crippen LogP contribution in [0.1, 0.15) is 26.9 Å². The van der Waals surface area contributed by atoms with Gasteiger partial charge in [0.2, 0.25) is 5.91 Å². The maximum absolute atomic E-state index is 13.0. The number of benzene rings is 2. The highest BCUT2D eigenvalue weighted by atomic mass is 32.2. The summed E-state index contributed by atoms with van der Waals surface area (Å²) >= 11 is 1.53. The summed E-state index contributed by atoms with van der Waals surface area (Å²) < 4.78 is 0. The van der Waals surface area contributed by atoms with Gasteiger partial charge in [0.15, 0.2) is 0 Å². The van der Waals surface area contributed by atoms with Gasteiger partial charge in [0.1, 0.15) is 17.5 Å². The van der Waals surface area contributed by atoms with E-state index in [-0.39, 0.29) is 17.7 Å². The Morgan fingerprint density at radius 3 is 2.80 bits per heavy atom. The summed E-state index contributed by atoms with van der Waals surface area (Å²) in [6.45, 7) is 0. The molecule has 0 spiro atoms. The molecular formula is C22H19N3O4S. The number of H-pyrrole nitrogens is 1. The Hall–Kier alpha value is -3.26. The zero-order chi connectivity index (χ0) is 20.8.